The molecule has 0 spiro atoms. The van der Waals surface area contributed by atoms with Crippen molar-refractivity contribution in [2.75, 3.05) is 17.3 Å². The highest BCUT2D eigenvalue weighted by Gasteiger charge is 2.24. The highest BCUT2D eigenvalue weighted by Crippen LogP contribution is 2.36. The highest BCUT2D eigenvalue weighted by atomic mass is 31.1. The molecular formula is C31H32N5OP. The normalized spacial score (nSPS) is 12.8. The highest BCUT2D eigenvalue weighted by molar-refractivity contribution is 7.46. The molecule has 1 unspecified atom stereocenters. The number of phenolic OH excluding ortho intramolecular Hbond substituents is 1. The van der Waals surface area contributed by atoms with Gasteiger partial charge < -0.3 is 15.7 Å². The molecule has 192 valence electrons. The van der Waals surface area contributed by atoms with E-state index in [-0.39, 0.29) is 5.75 Å². The molecule has 2 aromatic heterocycles. The van der Waals surface area contributed by atoms with E-state index >= 15 is 0 Å². The number of nitrogens with one attached hydrogen (secondary N) is 2. The summed E-state index contributed by atoms with van der Waals surface area (Å²) in [6.45, 7) is 6.91. The summed E-state index contributed by atoms with van der Waals surface area (Å²) in [4.78, 5) is 4.81. The van der Waals surface area contributed by atoms with Gasteiger partial charge in [-0.05, 0) is 55.3 Å². The van der Waals surface area contributed by atoms with E-state index in [0.717, 1.165) is 33.7 Å². The number of aromatic nitrogens is 3. The van der Waals surface area contributed by atoms with E-state index < -0.39 is 0 Å². The van der Waals surface area contributed by atoms with Gasteiger partial charge in [0.25, 0.3) is 0 Å². The first-order chi connectivity index (χ1) is 18.6. The summed E-state index contributed by atoms with van der Waals surface area (Å²) in [7, 11) is 0.577. The maximum Gasteiger partial charge on any atom is 0.165 e. The Hall–Kier alpha value is -4.15. The predicted molar refractivity (Wildman–Crippen MR) is 160 cm³/mol. The van der Waals surface area contributed by atoms with Crippen LogP contribution in [-0.4, -0.2) is 26.4 Å². The van der Waals surface area contributed by atoms with Gasteiger partial charge in [0, 0.05) is 34.9 Å². The van der Waals surface area contributed by atoms with E-state index in [4.69, 9.17) is 4.98 Å². The lowest BCUT2D eigenvalue weighted by atomic mass is 10.1. The van der Waals surface area contributed by atoms with Gasteiger partial charge in [0.05, 0.1) is 11.9 Å². The number of para-hydroxylation sites is 1. The Morgan fingerprint density at radius 3 is 2.42 bits per heavy atom. The van der Waals surface area contributed by atoms with Crippen LogP contribution in [0.1, 0.15) is 18.4 Å². The zero-order valence-corrected chi connectivity index (χ0v) is 22.4. The summed E-state index contributed by atoms with van der Waals surface area (Å²) < 4.78 is 1.84. The quantitative estimate of drug-likeness (QED) is 0.199. The number of hydrogen-bond donors (Lipinski definition) is 3. The molecule has 3 aromatic carbocycles. The summed E-state index contributed by atoms with van der Waals surface area (Å²) in [6, 6.07) is 29.6. The van der Waals surface area contributed by atoms with Crippen molar-refractivity contribution in [3.63, 3.8) is 0 Å². The molecule has 1 aliphatic carbocycles. The number of fused-ring (bicyclic) bond motifs is 1. The summed E-state index contributed by atoms with van der Waals surface area (Å²) in [6.07, 6.45) is 4.33. The molecule has 7 heteroatoms. The molecule has 0 bridgehead atoms. The minimum atomic E-state index is 0.213. The molecule has 5 aromatic rings. The van der Waals surface area contributed by atoms with Crippen LogP contribution < -0.4 is 15.9 Å². The standard InChI is InChI=1S/C25H26N5OP.C6H6/c1-16(18-10-11-18)28-19-7-5-6-17(12-19)14-26-24-13-21(20-8-3-4-9-22(20)31)29-25-23(32-2)15-27-30(24)25;1-2-4-6-5-3-1/h3-9,12-13,15,18,26,28,31-32H,1,10-11,14H2,2H3;1-6H. The van der Waals surface area contributed by atoms with E-state index in [2.05, 4.69) is 53.2 Å². The fourth-order valence-electron chi connectivity index (χ4n) is 4.15. The third kappa shape index (κ3) is 6.21. The van der Waals surface area contributed by atoms with Gasteiger partial charge in [0.1, 0.15) is 11.6 Å². The largest absolute Gasteiger partial charge is 0.507 e. The van der Waals surface area contributed by atoms with Gasteiger partial charge >= 0.3 is 0 Å². The zero-order valence-electron chi connectivity index (χ0n) is 21.4. The lowest BCUT2D eigenvalue weighted by Crippen LogP contribution is -2.08. The predicted octanol–water partition coefficient (Wildman–Crippen LogP) is 6.67. The molecular weight excluding hydrogens is 489 g/mol. The number of benzene rings is 3. The number of anilines is 2. The SMILES string of the molecule is C=C(Nc1cccc(CNc2cc(-c3ccccc3O)nc3c(PC)cnn23)c1)C1CC1.c1ccccc1. The van der Waals surface area contributed by atoms with Crippen molar-refractivity contribution in [2.24, 2.45) is 5.92 Å². The van der Waals surface area contributed by atoms with Crippen molar-refractivity contribution in [3.8, 4) is 17.0 Å². The smallest absolute Gasteiger partial charge is 0.165 e. The Bertz CT molecular complexity index is 1500. The summed E-state index contributed by atoms with van der Waals surface area (Å²) >= 11 is 0. The first kappa shape index (κ1) is 25.5. The average molecular weight is 522 g/mol. The second-order valence-corrected chi connectivity index (χ2v) is 10.3. The maximum atomic E-state index is 10.4. The third-order valence-corrected chi connectivity index (χ3v) is 7.25. The van der Waals surface area contributed by atoms with E-state index in [1.54, 1.807) is 6.07 Å². The number of rotatable bonds is 8. The molecule has 3 N–H and O–H groups in total. The molecule has 2 heterocycles. The molecule has 1 atom stereocenters. The van der Waals surface area contributed by atoms with Gasteiger partial charge in [-0.1, -0.05) is 75.8 Å². The van der Waals surface area contributed by atoms with Crippen LogP contribution >= 0.6 is 8.58 Å². The van der Waals surface area contributed by atoms with Gasteiger partial charge in [0.2, 0.25) is 0 Å². The zero-order chi connectivity index (χ0) is 26.3. The fraction of sp³-hybridized carbons (Fsp3) is 0.161. The molecule has 1 saturated carbocycles. The summed E-state index contributed by atoms with van der Waals surface area (Å²) in [5.74, 6) is 1.66. The minimum Gasteiger partial charge on any atom is -0.507 e. The van der Waals surface area contributed by atoms with Gasteiger partial charge in [-0.3, -0.25) is 0 Å². The van der Waals surface area contributed by atoms with Crippen molar-refractivity contribution < 1.29 is 5.11 Å². The number of aromatic hydroxyl groups is 1. The molecule has 38 heavy (non-hydrogen) atoms. The van der Waals surface area contributed by atoms with Crippen LogP contribution in [0.15, 0.2) is 109 Å². The topological polar surface area (TPSA) is 74.5 Å². The van der Waals surface area contributed by atoms with Gasteiger partial charge in [-0.25, -0.2) is 4.98 Å². The van der Waals surface area contributed by atoms with Crippen LogP contribution in [0.25, 0.3) is 16.9 Å². The lowest BCUT2D eigenvalue weighted by molar-refractivity contribution is 0.477. The average Bonchev–Trinajstić information content (AvgIpc) is 3.73. The lowest BCUT2D eigenvalue weighted by Gasteiger charge is -2.13. The molecule has 6 nitrogen and oxygen atoms in total. The van der Waals surface area contributed by atoms with E-state index in [1.807, 2.05) is 71.4 Å². The van der Waals surface area contributed by atoms with Crippen LogP contribution in [0.4, 0.5) is 11.5 Å². The second kappa shape index (κ2) is 11.9. The Morgan fingerprint density at radius 1 is 1.00 bits per heavy atom. The van der Waals surface area contributed by atoms with E-state index in [0.29, 0.717) is 32.3 Å². The van der Waals surface area contributed by atoms with Crippen LogP contribution in [0, 0.1) is 5.92 Å². The first-order valence-electron chi connectivity index (χ1n) is 12.8. The first-order valence-corrected chi connectivity index (χ1v) is 14.3. The maximum absolute atomic E-state index is 10.4. The Kier molecular flexibility index (Phi) is 8.01. The van der Waals surface area contributed by atoms with Gasteiger partial charge in [-0.15, -0.1) is 0 Å². The summed E-state index contributed by atoms with van der Waals surface area (Å²) in [5.41, 5.74) is 5.54. The Morgan fingerprint density at radius 2 is 1.74 bits per heavy atom. The van der Waals surface area contributed by atoms with E-state index in [1.165, 1.54) is 12.8 Å². The van der Waals surface area contributed by atoms with Crippen molar-refractivity contribution in [2.45, 2.75) is 19.4 Å². The van der Waals surface area contributed by atoms with E-state index in [9.17, 15) is 5.11 Å². The van der Waals surface area contributed by atoms with Crippen molar-refractivity contribution in [1.29, 1.82) is 0 Å². The monoisotopic (exact) mass is 521 g/mol. The number of phenols is 1. The van der Waals surface area contributed by atoms with Crippen LogP contribution in [0.2, 0.25) is 0 Å². The number of allylic oxidation sites excluding steroid dienone is 1. The minimum absolute atomic E-state index is 0.213. The van der Waals surface area contributed by atoms with Crippen LogP contribution in [0.3, 0.4) is 0 Å². The number of nitrogens with zero attached hydrogens (tertiary/aromatic N) is 3. The van der Waals surface area contributed by atoms with Gasteiger partial charge in [-0.2, -0.15) is 9.61 Å². The summed E-state index contributed by atoms with van der Waals surface area (Å²) in [5, 5.41) is 23.0. The molecule has 6 rings (SSSR count). The second-order valence-electron chi connectivity index (χ2n) is 9.22. The van der Waals surface area contributed by atoms with Crippen LogP contribution in [0.5, 0.6) is 5.75 Å². The molecule has 0 amide bonds. The van der Waals surface area contributed by atoms with Crippen molar-refractivity contribution in [3.05, 3.63) is 115 Å². The third-order valence-electron chi connectivity index (χ3n) is 6.36. The number of hydrogen-bond acceptors (Lipinski definition) is 5. The molecule has 1 aliphatic rings. The van der Waals surface area contributed by atoms with Crippen LogP contribution in [-0.2, 0) is 6.54 Å². The van der Waals surface area contributed by atoms with Crippen molar-refractivity contribution in [1.82, 2.24) is 14.6 Å². The Labute approximate surface area is 225 Å². The molecule has 0 saturated heterocycles. The molecule has 0 aliphatic heterocycles. The van der Waals surface area contributed by atoms with Gasteiger partial charge in [0.15, 0.2) is 5.65 Å². The molecule has 0 radical (unpaired) electrons. The molecule has 1 fully saturated rings. The Balaban J connectivity index is 0.000000433. The fourth-order valence-corrected chi connectivity index (χ4v) is 4.72. The van der Waals surface area contributed by atoms with Crippen molar-refractivity contribution >= 4 is 31.0 Å².